The van der Waals surface area contributed by atoms with E-state index in [1.807, 2.05) is 0 Å². The van der Waals surface area contributed by atoms with E-state index in [1.165, 1.54) is 0 Å². The summed E-state index contributed by atoms with van der Waals surface area (Å²) < 4.78 is 71.4. The average molecular weight is 466 g/mol. The van der Waals surface area contributed by atoms with Gasteiger partial charge in [0, 0.05) is 38.3 Å². The molecule has 0 spiro atoms. The molecule has 2 atom stereocenters. The van der Waals surface area contributed by atoms with Crippen molar-refractivity contribution in [2.24, 2.45) is 0 Å². The molecule has 1 N–H and O–H groups in total. The Balaban J connectivity index is 1.68. The molecule has 32 heavy (non-hydrogen) atoms. The van der Waals surface area contributed by atoms with Crippen LogP contribution in [0.2, 0.25) is 5.02 Å². The van der Waals surface area contributed by atoms with Gasteiger partial charge < -0.3 is 4.90 Å². The highest BCUT2D eigenvalue weighted by atomic mass is 35.5. The minimum absolute atomic E-state index is 0.0667. The van der Waals surface area contributed by atoms with E-state index in [1.54, 1.807) is 0 Å². The van der Waals surface area contributed by atoms with Crippen LogP contribution < -0.4 is 5.32 Å². The van der Waals surface area contributed by atoms with E-state index >= 15 is 0 Å². The first-order valence-corrected chi connectivity index (χ1v) is 9.95. The molecule has 1 fully saturated rings. The maximum Gasteiger partial charge on any atom is 0.330 e. The number of carbonyl (C=O) groups excluding carboxylic acids is 4. The first-order chi connectivity index (χ1) is 17.2. The Bertz CT molecular complexity index is 1340. The zero-order chi connectivity index (χ0) is 27.4. The van der Waals surface area contributed by atoms with Gasteiger partial charge in [-0.1, -0.05) is 35.8 Å². The van der Waals surface area contributed by atoms with Crippen LogP contribution in [0.4, 0.5) is 8.78 Å². The second-order valence-electron chi connectivity index (χ2n) is 7.28. The van der Waals surface area contributed by atoms with Gasteiger partial charge in [0.1, 0.15) is 6.04 Å². The quantitative estimate of drug-likeness (QED) is 0.663. The monoisotopic (exact) mass is 465 g/mol. The number of alkyl halides is 2. The van der Waals surface area contributed by atoms with E-state index in [4.69, 9.17) is 18.5 Å². The Morgan fingerprint density at radius 1 is 1.28 bits per heavy atom. The standard InChI is InChI=1S/C23H19ClF2N2O4/c24-16-5-3-15(4-6-16)23(25,26)19(29)9-2-13-1-7-17-14(11-13)12-28(22(17)32)18-8-10-20(30)27-21(18)31/h1,3-7,11,18H,2,8-10,12H2,(H,27,30,31)/i1D,2D2,11D,12D. The highest BCUT2D eigenvalue weighted by Crippen LogP contribution is 2.32. The third-order valence-electron chi connectivity index (χ3n) is 5.17. The Kier molecular flexibility index (Phi) is 4.34. The van der Waals surface area contributed by atoms with Gasteiger partial charge in [0.15, 0.2) is 0 Å². The lowest BCUT2D eigenvalue weighted by Gasteiger charge is -2.29. The van der Waals surface area contributed by atoms with Gasteiger partial charge >= 0.3 is 5.92 Å². The maximum absolute atomic E-state index is 14.8. The fourth-order valence-corrected chi connectivity index (χ4v) is 3.58. The number of halogens is 3. The summed E-state index contributed by atoms with van der Waals surface area (Å²) in [5, 5.41) is 2.23. The van der Waals surface area contributed by atoms with Crippen molar-refractivity contribution in [1.82, 2.24) is 10.2 Å². The summed E-state index contributed by atoms with van der Waals surface area (Å²) in [6.07, 6.45) is -4.48. The number of nitrogens with zero attached hydrogens (tertiary/aromatic N) is 1. The average Bonchev–Trinajstić information content (AvgIpc) is 3.03. The first-order valence-electron chi connectivity index (χ1n) is 12.1. The number of hydrogen-bond acceptors (Lipinski definition) is 4. The third-order valence-corrected chi connectivity index (χ3v) is 5.42. The summed E-state index contributed by atoms with van der Waals surface area (Å²) in [4.78, 5) is 50.1. The summed E-state index contributed by atoms with van der Waals surface area (Å²) in [5.74, 6) is -8.10. The molecule has 2 aliphatic rings. The number of benzene rings is 2. The van der Waals surface area contributed by atoms with E-state index in [0.29, 0.717) is 0 Å². The van der Waals surface area contributed by atoms with Crippen molar-refractivity contribution in [3.05, 3.63) is 69.7 Å². The molecule has 0 aliphatic carbocycles. The van der Waals surface area contributed by atoms with Gasteiger partial charge in [0.2, 0.25) is 17.6 Å². The maximum atomic E-state index is 14.8. The van der Waals surface area contributed by atoms with Crippen molar-refractivity contribution >= 4 is 35.1 Å². The smallest absolute Gasteiger partial charge is 0.322 e. The summed E-state index contributed by atoms with van der Waals surface area (Å²) >= 11 is 5.69. The van der Waals surface area contributed by atoms with Crippen molar-refractivity contribution in [3.8, 4) is 0 Å². The number of rotatable bonds is 6. The molecule has 1 saturated heterocycles. The predicted octanol–water partition coefficient (Wildman–Crippen LogP) is 3.39. The van der Waals surface area contributed by atoms with Crippen LogP contribution in [0.15, 0.2) is 42.4 Å². The molecule has 2 aliphatic heterocycles. The predicted molar refractivity (Wildman–Crippen MR) is 111 cm³/mol. The van der Waals surface area contributed by atoms with Crippen molar-refractivity contribution < 1.29 is 34.8 Å². The number of Topliss-reactive ketones (excluding diaryl/α,β-unsaturated/α-hetero) is 1. The Labute approximate surface area is 194 Å². The number of piperidine rings is 1. The lowest BCUT2D eigenvalue weighted by atomic mass is 9.97. The highest BCUT2D eigenvalue weighted by Gasteiger charge is 2.41. The highest BCUT2D eigenvalue weighted by molar-refractivity contribution is 6.30. The number of carbonyl (C=O) groups is 4. The number of imide groups is 1. The molecule has 2 aromatic rings. The first kappa shape index (κ1) is 16.5. The van der Waals surface area contributed by atoms with E-state index in [0.717, 1.165) is 35.2 Å². The second kappa shape index (κ2) is 8.43. The topological polar surface area (TPSA) is 83.6 Å². The van der Waals surface area contributed by atoms with Crippen molar-refractivity contribution in [2.45, 2.75) is 44.1 Å². The van der Waals surface area contributed by atoms with Gasteiger partial charge in [-0.05, 0) is 42.1 Å². The molecule has 6 nitrogen and oxygen atoms in total. The molecule has 0 radical (unpaired) electrons. The second-order valence-corrected chi connectivity index (χ2v) is 7.72. The fourth-order valence-electron chi connectivity index (χ4n) is 3.45. The molecule has 2 unspecified atom stereocenters. The van der Waals surface area contributed by atoms with Gasteiger partial charge in [0.05, 0.1) is 4.11 Å². The van der Waals surface area contributed by atoms with Gasteiger partial charge in [-0.2, -0.15) is 8.78 Å². The van der Waals surface area contributed by atoms with E-state index in [-0.39, 0.29) is 29.0 Å². The lowest BCUT2D eigenvalue weighted by molar-refractivity contribution is -0.144. The van der Waals surface area contributed by atoms with Gasteiger partial charge in [-0.3, -0.25) is 24.5 Å². The van der Waals surface area contributed by atoms with Crippen molar-refractivity contribution in [3.63, 3.8) is 0 Å². The number of nitrogens with one attached hydrogen (secondary N) is 1. The van der Waals surface area contributed by atoms with Crippen LogP contribution >= 0.6 is 11.6 Å². The van der Waals surface area contributed by atoms with Crippen molar-refractivity contribution in [1.29, 1.82) is 0 Å². The molecule has 3 amide bonds. The zero-order valence-electron chi connectivity index (χ0n) is 21.4. The lowest BCUT2D eigenvalue weighted by Crippen LogP contribution is -2.52. The molecule has 166 valence electrons. The summed E-state index contributed by atoms with van der Waals surface area (Å²) in [6.45, 7) is -1.65. The molecule has 2 heterocycles. The molecular formula is C23H19ClF2N2O4. The Morgan fingerprint density at radius 2 is 2.00 bits per heavy atom. The van der Waals surface area contributed by atoms with Crippen LogP contribution in [0.5, 0.6) is 0 Å². The Morgan fingerprint density at radius 3 is 2.69 bits per heavy atom. The molecular weight excluding hydrogens is 442 g/mol. The summed E-state index contributed by atoms with van der Waals surface area (Å²) in [6, 6.07) is 2.40. The third kappa shape index (κ3) is 4.14. The minimum Gasteiger partial charge on any atom is -0.322 e. The van der Waals surface area contributed by atoms with Crippen molar-refractivity contribution in [2.75, 3.05) is 0 Å². The molecule has 9 heteroatoms. The van der Waals surface area contributed by atoms with Crippen LogP contribution in [0.1, 0.15) is 53.2 Å². The van der Waals surface area contributed by atoms with Crippen LogP contribution in [-0.2, 0) is 33.2 Å². The fraction of sp³-hybridized carbons (Fsp3) is 0.304. The van der Waals surface area contributed by atoms with Gasteiger partial charge in [-0.15, -0.1) is 0 Å². The number of hydrogen-bond donors (Lipinski definition) is 1. The minimum atomic E-state index is -4.09. The van der Waals surface area contributed by atoms with Crippen LogP contribution in [0.25, 0.3) is 0 Å². The van der Waals surface area contributed by atoms with E-state index in [9.17, 15) is 28.0 Å². The molecule has 4 rings (SSSR count). The number of ketones is 1. The number of amides is 3. The largest absolute Gasteiger partial charge is 0.330 e. The molecule has 0 bridgehead atoms. The zero-order valence-corrected chi connectivity index (χ0v) is 17.1. The van der Waals surface area contributed by atoms with E-state index < -0.39 is 78.0 Å². The SMILES string of the molecule is [2H]c1cc2c(c([2H])c1C([2H])([2H])CC(=O)C(F)(F)c1ccc(Cl)cc1)C([2H])N(C1CCC(=O)NC1=O)C2=O. The van der Waals surface area contributed by atoms with Crippen LogP contribution in [-0.4, -0.2) is 34.4 Å². The number of fused-ring (bicyclic) bond motifs is 1. The molecule has 2 aromatic carbocycles. The summed E-state index contributed by atoms with van der Waals surface area (Å²) in [7, 11) is 0. The molecule has 0 aromatic heterocycles. The normalized spacial score (nSPS) is 23.5. The Hall–Kier alpha value is -3.13. The van der Waals surface area contributed by atoms with E-state index in [2.05, 4.69) is 5.32 Å². The van der Waals surface area contributed by atoms with Crippen LogP contribution in [0, 0.1) is 0 Å². The van der Waals surface area contributed by atoms with Crippen LogP contribution in [0.3, 0.4) is 0 Å². The van der Waals surface area contributed by atoms with Gasteiger partial charge in [-0.25, -0.2) is 0 Å². The summed E-state index contributed by atoms with van der Waals surface area (Å²) in [5.41, 5.74) is -2.04. The molecule has 0 saturated carbocycles. The van der Waals surface area contributed by atoms with Gasteiger partial charge in [0.25, 0.3) is 5.91 Å².